The van der Waals surface area contributed by atoms with Gasteiger partial charge in [-0.1, -0.05) is 0 Å². The molecule has 1 fully saturated rings. The fourth-order valence-corrected chi connectivity index (χ4v) is 4.14. The lowest BCUT2D eigenvalue weighted by molar-refractivity contribution is 0.197. The maximum atomic E-state index is 4.43. The lowest BCUT2D eigenvalue weighted by atomic mass is 9.78. The highest BCUT2D eigenvalue weighted by Gasteiger charge is 2.32. The second-order valence-electron chi connectivity index (χ2n) is 6.75. The molecule has 4 rings (SSSR count). The van der Waals surface area contributed by atoms with Crippen molar-refractivity contribution in [2.24, 2.45) is 5.92 Å². The third-order valence-corrected chi connectivity index (χ3v) is 5.47. The summed E-state index contributed by atoms with van der Waals surface area (Å²) in [6.07, 6.45) is 9.87. The van der Waals surface area contributed by atoms with E-state index in [4.69, 9.17) is 0 Å². The van der Waals surface area contributed by atoms with Crippen molar-refractivity contribution in [2.75, 3.05) is 32.2 Å². The van der Waals surface area contributed by atoms with Crippen LogP contribution in [0.2, 0.25) is 0 Å². The molecule has 116 valence electrons. The second kappa shape index (κ2) is 5.43. The predicted octanol–water partition coefficient (Wildman–Crippen LogP) is 2.76. The fourth-order valence-electron chi connectivity index (χ4n) is 4.14. The van der Waals surface area contributed by atoms with Crippen LogP contribution in [0, 0.1) is 5.92 Å². The van der Waals surface area contributed by atoms with Crippen molar-refractivity contribution < 1.29 is 0 Å². The maximum absolute atomic E-state index is 4.43. The summed E-state index contributed by atoms with van der Waals surface area (Å²) in [4.78, 5) is 6.89. The van der Waals surface area contributed by atoms with Crippen LogP contribution in [0.5, 0.6) is 0 Å². The second-order valence-corrected chi connectivity index (χ2v) is 6.75. The zero-order chi connectivity index (χ0) is 15.1. The van der Waals surface area contributed by atoms with Crippen LogP contribution in [-0.4, -0.2) is 41.7 Å². The number of piperidine rings is 1. The summed E-state index contributed by atoms with van der Waals surface area (Å²) in [7, 11) is 4.39. The number of rotatable bonds is 1. The highest BCUT2D eigenvalue weighted by molar-refractivity contribution is 5.55. The van der Waals surface area contributed by atoms with Crippen LogP contribution in [-0.2, 0) is 6.42 Å². The van der Waals surface area contributed by atoms with E-state index in [-0.39, 0.29) is 0 Å². The molecule has 4 heterocycles. The Morgan fingerprint density at radius 1 is 1.14 bits per heavy atom. The SMILES string of the molecule is CN1CCC(C2Cc3cccn3N(C)c3ccncc32)CC1. The van der Waals surface area contributed by atoms with Gasteiger partial charge in [-0.05, 0) is 75.0 Å². The number of hydrogen-bond acceptors (Lipinski definition) is 3. The molecule has 1 atom stereocenters. The van der Waals surface area contributed by atoms with E-state index in [0.717, 1.165) is 12.3 Å². The third-order valence-electron chi connectivity index (χ3n) is 5.47. The van der Waals surface area contributed by atoms with Gasteiger partial charge >= 0.3 is 0 Å². The molecule has 2 aliphatic rings. The quantitative estimate of drug-likeness (QED) is 0.809. The van der Waals surface area contributed by atoms with E-state index in [1.807, 2.05) is 6.20 Å². The van der Waals surface area contributed by atoms with Crippen LogP contribution < -0.4 is 5.01 Å². The molecular formula is C18H24N4. The third kappa shape index (κ3) is 2.22. The van der Waals surface area contributed by atoms with E-state index >= 15 is 0 Å². The monoisotopic (exact) mass is 296 g/mol. The fraction of sp³-hybridized carbons (Fsp3) is 0.500. The average Bonchev–Trinajstić information content (AvgIpc) is 2.97. The number of hydrogen-bond donors (Lipinski definition) is 0. The van der Waals surface area contributed by atoms with Gasteiger partial charge in [0.15, 0.2) is 0 Å². The summed E-state index contributed by atoms with van der Waals surface area (Å²) >= 11 is 0. The van der Waals surface area contributed by atoms with E-state index in [1.165, 1.54) is 42.9 Å². The van der Waals surface area contributed by atoms with Crippen molar-refractivity contribution in [1.82, 2.24) is 14.6 Å². The molecule has 1 unspecified atom stereocenters. The molecule has 0 bridgehead atoms. The summed E-state index contributed by atoms with van der Waals surface area (Å²) < 4.78 is 2.29. The molecule has 0 saturated carbocycles. The average molecular weight is 296 g/mol. The minimum atomic E-state index is 0.580. The Bertz CT molecular complexity index is 655. The number of nitrogens with zero attached hydrogens (tertiary/aromatic N) is 4. The molecule has 1 saturated heterocycles. The predicted molar refractivity (Wildman–Crippen MR) is 89.1 cm³/mol. The number of anilines is 1. The minimum Gasteiger partial charge on any atom is -0.306 e. The minimum absolute atomic E-state index is 0.580. The number of pyridine rings is 1. The molecule has 0 N–H and O–H groups in total. The van der Waals surface area contributed by atoms with Crippen LogP contribution in [0.4, 0.5) is 5.69 Å². The maximum Gasteiger partial charge on any atom is 0.0640 e. The summed E-state index contributed by atoms with van der Waals surface area (Å²) in [5.41, 5.74) is 4.12. The number of fused-ring (bicyclic) bond motifs is 2. The van der Waals surface area contributed by atoms with Crippen molar-refractivity contribution in [1.29, 1.82) is 0 Å². The molecule has 2 aromatic rings. The molecule has 4 nitrogen and oxygen atoms in total. The molecule has 2 aromatic heterocycles. The first-order valence-electron chi connectivity index (χ1n) is 8.27. The van der Waals surface area contributed by atoms with E-state index < -0.39 is 0 Å². The Balaban J connectivity index is 1.76. The lowest BCUT2D eigenvalue weighted by Crippen LogP contribution is -2.33. The van der Waals surface area contributed by atoms with E-state index in [0.29, 0.717) is 5.92 Å². The van der Waals surface area contributed by atoms with E-state index in [1.54, 1.807) is 0 Å². The highest BCUT2D eigenvalue weighted by Crippen LogP contribution is 2.41. The number of aromatic nitrogens is 2. The number of likely N-dealkylation sites (tertiary alicyclic amines) is 1. The first kappa shape index (κ1) is 13.8. The molecule has 2 aliphatic heterocycles. The first-order chi connectivity index (χ1) is 10.7. The van der Waals surface area contributed by atoms with Crippen LogP contribution in [0.15, 0.2) is 36.8 Å². The Hall–Kier alpha value is -1.81. The first-order valence-corrected chi connectivity index (χ1v) is 8.27. The van der Waals surface area contributed by atoms with E-state index in [9.17, 15) is 0 Å². The Morgan fingerprint density at radius 2 is 1.95 bits per heavy atom. The Morgan fingerprint density at radius 3 is 2.77 bits per heavy atom. The van der Waals surface area contributed by atoms with Gasteiger partial charge in [0.2, 0.25) is 0 Å². The van der Waals surface area contributed by atoms with Gasteiger partial charge in [-0.3, -0.25) is 14.7 Å². The summed E-state index contributed by atoms with van der Waals surface area (Å²) in [6, 6.07) is 6.58. The zero-order valence-electron chi connectivity index (χ0n) is 13.4. The highest BCUT2D eigenvalue weighted by atomic mass is 15.5. The van der Waals surface area contributed by atoms with Gasteiger partial charge in [-0.15, -0.1) is 0 Å². The molecule has 0 radical (unpaired) electrons. The van der Waals surface area contributed by atoms with Gasteiger partial charge in [0.25, 0.3) is 0 Å². The largest absolute Gasteiger partial charge is 0.306 e. The Kier molecular flexibility index (Phi) is 3.41. The van der Waals surface area contributed by atoms with Gasteiger partial charge in [-0.25, -0.2) is 0 Å². The van der Waals surface area contributed by atoms with Gasteiger partial charge in [0.05, 0.1) is 5.69 Å². The zero-order valence-corrected chi connectivity index (χ0v) is 13.4. The molecule has 0 spiro atoms. The smallest absolute Gasteiger partial charge is 0.0640 e. The van der Waals surface area contributed by atoms with Crippen LogP contribution in [0.3, 0.4) is 0 Å². The molecular weight excluding hydrogens is 272 g/mol. The van der Waals surface area contributed by atoms with Crippen molar-refractivity contribution >= 4 is 5.69 Å². The van der Waals surface area contributed by atoms with Crippen LogP contribution >= 0.6 is 0 Å². The summed E-state index contributed by atoms with van der Waals surface area (Å²) in [6.45, 7) is 2.43. The van der Waals surface area contributed by atoms with Crippen molar-refractivity contribution in [2.45, 2.75) is 25.2 Å². The van der Waals surface area contributed by atoms with Crippen molar-refractivity contribution in [3.63, 3.8) is 0 Å². The summed E-state index contributed by atoms with van der Waals surface area (Å²) in [5, 5.41) is 2.27. The molecule has 4 heteroatoms. The van der Waals surface area contributed by atoms with Crippen molar-refractivity contribution in [3.8, 4) is 0 Å². The molecule has 0 aliphatic carbocycles. The molecule has 22 heavy (non-hydrogen) atoms. The lowest BCUT2D eigenvalue weighted by Gasteiger charge is -2.34. The van der Waals surface area contributed by atoms with Gasteiger partial charge in [-0.2, -0.15) is 0 Å². The Labute approximate surface area is 132 Å². The molecule has 0 amide bonds. The topological polar surface area (TPSA) is 24.3 Å². The van der Waals surface area contributed by atoms with Gasteiger partial charge in [0, 0.05) is 31.3 Å². The summed E-state index contributed by atoms with van der Waals surface area (Å²) in [5.74, 6) is 1.34. The van der Waals surface area contributed by atoms with Crippen LogP contribution in [0.25, 0.3) is 0 Å². The van der Waals surface area contributed by atoms with Crippen molar-refractivity contribution in [3.05, 3.63) is 48.0 Å². The molecule has 0 aromatic carbocycles. The standard InChI is InChI=1S/C18H24N4/c1-20-10-6-14(7-11-20)16-12-15-4-3-9-22(15)21(2)18-5-8-19-13-17(16)18/h3-5,8-9,13-14,16H,6-7,10-12H2,1-2H3. The van der Waals surface area contributed by atoms with E-state index in [2.05, 4.69) is 64.3 Å². The van der Waals surface area contributed by atoms with Crippen LogP contribution in [0.1, 0.15) is 30.0 Å². The normalized spacial score (nSPS) is 23.0. The van der Waals surface area contributed by atoms with Gasteiger partial charge < -0.3 is 4.90 Å². The van der Waals surface area contributed by atoms with Gasteiger partial charge in [0.1, 0.15) is 0 Å².